The van der Waals surface area contributed by atoms with Crippen LogP contribution in [-0.2, 0) is 0 Å². The number of aromatic amines is 2. The first kappa shape index (κ1) is 21.8. The zero-order valence-corrected chi connectivity index (χ0v) is 19.0. The molecule has 0 fully saturated rings. The second-order valence-corrected chi connectivity index (χ2v) is 8.66. The first-order valence-electron chi connectivity index (χ1n) is 10.4. The molecular formula is C24H25N5O2S. The van der Waals surface area contributed by atoms with Crippen molar-refractivity contribution in [1.82, 2.24) is 25.3 Å². The van der Waals surface area contributed by atoms with Crippen LogP contribution in [0.5, 0.6) is 0 Å². The SMILES string of the molecule is CSCC[C@H](NC(=O)c1ccc2c(C)c(C)[nH]c2c1)c1cc(=O)[nH]c(-c2ccccn2)n1. The van der Waals surface area contributed by atoms with Gasteiger partial charge in [0.1, 0.15) is 5.69 Å². The molecule has 0 aliphatic carbocycles. The van der Waals surface area contributed by atoms with E-state index in [9.17, 15) is 9.59 Å². The van der Waals surface area contributed by atoms with Crippen LogP contribution < -0.4 is 10.9 Å². The van der Waals surface area contributed by atoms with Crippen molar-refractivity contribution < 1.29 is 4.79 Å². The van der Waals surface area contributed by atoms with Gasteiger partial charge >= 0.3 is 0 Å². The number of benzene rings is 1. The highest BCUT2D eigenvalue weighted by atomic mass is 32.2. The molecule has 7 nitrogen and oxygen atoms in total. The molecule has 0 saturated heterocycles. The van der Waals surface area contributed by atoms with E-state index in [0.29, 0.717) is 29.2 Å². The Morgan fingerprint density at radius 1 is 1.16 bits per heavy atom. The van der Waals surface area contributed by atoms with Crippen LogP contribution in [0.1, 0.15) is 39.8 Å². The molecule has 0 aliphatic heterocycles. The van der Waals surface area contributed by atoms with Crippen molar-refractivity contribution in [1.29, 1.82) is 0 Å². The number of pyridine rings is 1. The molecule has 164 valence electrons. The number of aromatic nitrogens is 4. The Hall–Kier alpha value is -3.39. The number of hydrogen-bond acceptors (Lipinski definition) is 5. The first-order chi connectivity index (χ1) is 15.5. The summed E-state index contributed by atoms with van der Waals surface area (Å²) in [5.74, 6) is 0.992. The predicted octanol–water partition coefficient (Wildman–Crippen LogP) is 4.15. The molecule has 4 aromatic rings. The molecule has 3 N–H and O–H groups in total. The Balaban J connectivity index is 1.65. The van der Waals surface area contributed by atoms with E-state index in [0.717, 1.165) is 22.3 Å². The summed E-state index contributed by atoms with van der Waals surface area (Å²) in [4.78, 5) is 40.4. The highest BCUT2D eigenvalue weighted by Crippen LogP contribution is 2.23. The van der Waals surface area contributed by atoms with E-state index in [-0.39, 0.29) is 11.5 Å². The zero-order valence-electron chi connectivity index (χ0n) is 18.2. The Labute approximate surface area is 190 Å². The van der Waals surface area contributed by atoms with Crippen molar-refractivity contribution in [3.63, 3.8) is 0 Å². The Morgan fingerprint density at radius 3 is 2.75 bits per heavy atom. The fourth-order valence-corrected chi connectivity index (χ4v) is 4.14. The average Bonchev–Trinajstić information content (AvgIpc) is 3.09. The van der Waals surface area contributed by atoms with Gasteiger partial charge in [-0.3, -0.25) is 14.6 Å². The maximum absolute atomic E-state index is 13.1. The second-order valence-electron chi connectivity index (χ2n) is 7.68. The van der Waals surface area contributed by atoms with Crippen molar-refractivity contribution in [2.75, 3.05) is 12.0 Å². The van der Waals surface area contributed by atoms with E-state index in [1.54, 1.807) is 30.1 Å². The van der Waals surface area contributed by atoms with Gasteiger partial charge in [0.05, 0.1) is 11.7 Å². The molecule has 0 radical (unpaired) electrons. The van der Waals surface area contributed by atoms with E-state index in [4.69, 9.17) is 0 Å². The summed E-state index contributed by atoms with van der Waals surface area (Å²) in [6.45, 7) is 4.08. The summed E-state index contributed by atoms with van der Waals surface area (Å²) in [6.07, 6.45) is 4.30. The van der Waals surface area contributed by atoms with Crippen molar-refractivity contribution in [3.05, 3.63) is 81.5 Å². The molecule has 0 bridgehead atoms. The lowest BCUT2D eigenvalue weighted by Gasteiger charge is -2.18. The standard InChI is InChI=1S/C24H25N5O2S/c1-14-15(2)26-20-12-16(7-8-17(14)20)24(31)28-18(9-11-32-3)21-13-22(30)29-23(27-21)19-6-4-5-10-25-19/h4-8,10,12-13,18,26H,9,11H2,1-3H3,(H,28,31)(H,27,29,30)/t18-/m0/s1. The van der Waals surface area contributed by atoms with Gasteiger partial charge in [-0.15, -0.1) is 0 Å². The maximum Gasteiger partial charge on any atom is 0.251 e. The third-order valence-corrected chi connectivity index (χ3v) is 6.16. The monoisotopic (exact) mass is 447 g/mol. The number of carbonyl (C=O) groups is 1. The number of hydrogen-bond donors (Lipinski definition) is 3. The third kappa shape index (κ3) is 4.60. The van der Waals surface area contributed by atoms with Crippen LogP contribution in [0, 0.1) is 13.8 Å². The third-order valence-electron chi connectivity index (χ3n) is 5.51. The summed E-state index contributed by atoms with van der Waals surface area (Å²) < 4.78 is 0. The number of nitrogens with one attached hydrogen (secondary N) is 3. The van der Waals surface area contributed by atoms with Crippen LogP contribution in [0.15, 0.2) is 53.5 Å². The van der Waals surface area contributed by atoms with Crippen molar-refractivity contribution in [3.8, 4) is 11.5 Å². The summed E-state index contributed by atoms with van der Waals surface area (Å²) in [5, 5.41) is 4.18. The normalized spacial score (nSPS) is 12.1. The minimum atomic E-state index is -0.400. The predicted molar refractivity (Wildman–Crippen MR) is 129 cm³/mol. The van der Waals surface area contributed by atoms with Crippen LogP contribution >= 0.6 is 11.8 Å². The highest BCUT2D eigenvalue weighted by Gasteiger charge is 2.19. The average molecular weight is 448 g/mol. The van der Waals surface area contributed by atoms with Gasteiger partial charge in [-0.1, -0.05) is 12.1 Å². The van der Waals surface area contributed by atoms with E-state index < -0.39 is 6.04 Å². The highest BCUT2D eigenvalue weighted by molar-refractivity contribution is 7.98. The lowest BCUT2D eigenvalue weighted by atomic mass is 10.1. The number of aryl methyl sites for hydroxylation is 2. The number of thioether (sulfide) groups is 1. The molecule has 32 heavy (non-hydrogen) atoms. The molecule has 1 aromatic carbocycles. The molecule has 3 aromatic heterocycles. The number of nitrogens with zero attached hydrogens (tertiary/aromatic N) is 2. The fraction of sp³-hybridized carbons (Fsp3) is 0.250. The summed E-state index contributed by atoms with van der Waals surface area (Å²) in [7, 11) is 0. The smallest absolute Gasteiger partial charge is 0.251 e. The lowest BCUT2D eigenvalue weighted by molar-refractivity contribution is 0.0935. The second kappa shape index (κ2) is 9.40. The molecule has 4 rings (SSSR count). The van der Waals surface area contributed by atoms with Gasteiger partial charge in [-0.25, -0.2) is 4.98 Å². The van der Waals surface area contributed by atoms with Gasteiger partial charge < -0.3 is 15.3 Å². The van der Waals surface area contributed by atoms with Gasteiger partial charge in [0.25, 0.3) is 11.5 Å². The summed E-state index contributed by atoms with van der Waals surface area (Å²) >= 11 is 1.68. The summed E-state index contributed by atoms with van der Waals surface area (Å²) in [5.41, 5.74) is 4.57. The van der Waals surface area contributed by atoms with Crippen LogP contribution in [-0.4, -0.2) is 37.9 Å². The van der Waals surface area contributed by atoms with Crippen molar-refractivity contribution in [2.24, 2.45) is 0 Å². The number of carbonyl (C=O) groups excluding carboxylic acids is 1. The molecule has 0 spiro atoms. The fourth-order valence-electron chi connectivity index (χ4n) is 3.66. The van der Waals surface area contributed by atoms with E-state index in [1.807, 2.05) is 37.4 Å². The molecule has 1 atom stereocenters. The summed E-state index contributed by atoms with van der Waals surface area (Å²) in [6, 6.07) is 12.1. The molecule has 0 saturated carbocycles. The largest absolute Gasteiger partial charge is 0.358 e. The van der Waals surface area contributed by atoms with Gasteiger partial charge in [0.15, 0.2) is 5.82 Å². The van der Waals surface area contributed by atoms with Crippen molar-refractivity contribution >= 4 is 28.6 Å². The maximum atomic E-state index is 13.1. The lowest BCUT2D eigenvalue weighted by Crippen LogP contribution is -2.30. The van der Waals surface area contributed by atoms with Crippen LogP contribution in [0.3, 0.4) is 0 Å². The molecule has 3 heterocycles. The Kier molecular flexibility index (Phi) is 6.41. The minimum Gasteiger partial charge on any atom is -0.358 e. The van der Waals surface area contributed by atoms with Crippen LogP contribution in [0.25, 0.3) is 22.4 Å². The van der Waals surface area contributed by atoms with Gasteiger partial charge in [0.2, 0.25) is 0 Å². The van der Waals surface area contributed by atoms with Crippen LogP contribution in [0.4, 0.5) is 0 Å². The Morgan fingerprint density at radius 2 is 2.00 bits per heavy atom. The van der Waals surface area contributed by atoms with Gasteiger partial charge in [-0.05, 0) is 62.1 Å². The van der Waals surface area contributed by atoms with Gasteiger partial charge in [-0.2, -0.15) is 11.8 Å². The number of rotatable bonds is 7. The molecule has 0 unspecified atom stereocenters. The van der Waals surface area contributed by atoms with Crippen molar-refractivity contribution in [2.45, 2.75) is 26.3 Å². The molecule has 8 heteroatoms. The van der Waals surface area contributed by atoms with E-state index in [1.165, 1.54) is 11.6 Å². The van der Waals surface area contributed by atoms with E-state index in [2.05, 4.69) is 32.2 Å². The quantitative estimate of drug-likeness (QED) is 0.395. The Bertz CT molecular complexity index is 1310. The van der Waals surface area contributed by atoms with E-state index >= 15 is 0 Å². The molecular weight excluding hydrogens is 422 g/mol. The van der Waals surface area contributed by atoms with Gasteiger partial charge in [0, 0.05) is 34.4 Å². The number of amides is 1. The molecule has 0 aliphatic rings. The van der Waals surface area contributed by atoms with Crippen LogP contribution in [0.2, 0.25) is 0 Å². The molecule has 1 amide bonds. The first-order valence-corrected chi connectivity index (χ1v) is 11.8. The number of H-pyrrole nitrogens is 2. The number of fused-ring (bicyclic) bond motifs is 1. The topological polar surface area (TPSA) is 104 Å². The minimum absolute atomic E-state index is 0.204. The zero-order chi connectivity index (χ0) is 22.7.